The molecule has 4 aromatic rings. The largest absolute Gasteiger partial charge is 0.374 e. The van der Waals surface area contributed by atoms with E-state index < -0.39 is 0 Å². The van der Waals surface area contributed by atoms with Crippen molar-refractivity contribution in [3.05, 3.63) is 71.0 Å². The highest BCUT2D eigenvalue weighted by atomic mass is 16.2. The molecule has 0 saturated carbocycles. The lowest BCUT2D eigenvalue weighted by Crippen LogP contribution is -2.37. The minimum atomic E-state index is 0.162. The molecule has 0 radical (unpaired) electrons. The summed E-state index contributed by atoms with van der Waals surface area (Å²) in [6.45, 7) is 1.93. The van der Waals surface area contributed by atoms with Crippen LogP contribution in [-0.4, -0.2) is 57.0 Å². The Hall–Kier alpha value is -3.81. The predicted molar refractivity (Wildman–Crippen MR) is 138 cm³/mol. The molecule has 8 nitrogen and oxygen atoms in total. The Morgan fingerprint density at radius 3 is 2.69 bits per heavy atom. The standard InChI is InChI=1S/C27H31N7O/c1-32(11-10-27(35)34-12-9-23-24(17-34)30-31-29-23)22-7-8-25-20(15-22)16-26(33(25)2)28-21-13-18-5-3-4-6-19(18)14-21/h3-8,15-16,21,28H,9-14,17H2,1-2H3,(H,29,30,31). The molecule has 2 aliphatic rings. The van der Waals surface area contributed by atoms with E-state index >= 15 is 0 Å². The number of hydrogen-bond donors (Lipinski definition) is 2. The second-order valence-corrected chi connectivity index (χ2v) is 9.80. The zero-order valence-corrected chi connectivity index (χ0v) is 20.3. The molecule has 180 valence electrons. The van der Waals surface area contributed by atoms with Gasteiger partial charge in [-0.15, -0.1) is 0 Å². The summed E-state index contributed by atoms with van der Waals surface area (Å²) in [5.41, 5.74) is 7.09. The van der Waals surface area contributed by atoms with Crippen molar-refractivity contribution in [1.82, 2.24) is 24.9 Å². The van der Waals surface area contributed by atoms with Crippen molar-refractivity contribution in [2.24, 2.45) is 7.05 Å². The molecule has 0 bridgehead atoms. The molecule has 0 spiro atoms. The molecular weight excluding hydrogens is 438 g/mol. The maximum Gasteiger partial charge on any atom is 0.224 e. The van der Waals surface area contributed by atoms with Crippen LogP contribution in [0.2, 0.25) is 0 Å². The monoisotopic (exact) mass is 469 g/mol. The van der Waals surface area contributed by atoms with Crippen molar-refractivity contribution in [3.8, 4) is 0 Å². The van der Waals surface area contributed by atoms with Crippen LogP contribution >= 0.6 is 0 Å². The van der Waals surface area contributed by atoms with Crippen molar-refractivity contribution in [2.45, 2.75) is 38.3 Å². The van der Waals surface area contributed by atoms with Crippen LogP contribution in [0.25, 0.3) is 10.9 Å². The summed E-state index contributed by atoms with van der Waals surface area (Å²) in [4.78, 5) is 16.9. The van der Waals surface area contributed by atoms with E-state index in [1.54, 1.807) is 0 Å². The average Bonchev–Trinajstić information content (AvgIpc) is 3.58. The average molecular weight is 470 g/mol. The van der Waals surface area contributed by atoms with Crippen LogP contribution in [-0.2, 0) is 37.6 Å². The number of rotatable bonds is 6. The van der Waals surface area contributed by atoms with Gasteiger partial charge in [-0.25, -0.2) is 0 Å². The number of benzene rings is 2. The molecule has 8 heteroatoms. The number of aryl methyl sites for hydroxylation is 1. The smallest absolute Gasteiger partial charge is 0.224 e. The molecule has 2 aromatic heterocycles. The summed E-state index contributed by atoms with van der Waals surface area (Å²) >= 11 is 0. The number of aromatic amines is 1. The summed E-state index contributed by atoms with van der Waals surface area (Å²) in [6, 6.07) is 17.9. The molecule has 0 fully saturated rings. The summed E-state index contributed by atoms with van der Waals surface area (Å²) in [6.07, 6.45) is 3.37. The zero-order valence-electron chi connectivity index (χ0n) is 20.3. The number of anilines is 2. The van der Waals surface area contributed by atoms with Gasteiger partial charge in [-0.1, -0.05) is 24.3 Å². The number of H-pyrrole nitrogens is 1. The van der Waals surface area contributed by atoms with E-state index in [9.17, 15) is 4.79 Å². The first-order valence-electron chi connectivity index (χ1n) is 12.4. The number of nitrogens with zero attached hydrogens (tertiary/aromatic N) is 5. The van der Waals surface area contributed by atoms with Crippen LogP contribution in [0.1, 0.15) is 28.9 Å². The van der Waals surface area contributed by atoms with Crippen LogP contribution in [0.3, 0.4) is 0 Å². The SMILES string of the molecule is CN(CCC(=O)N1CCc2n[nH]nc2C1)c1ccc2c(c1)cc(NC1Cc3ccccc3C1)n2C. The number of carbonyl (C=O) groups excluding carboxylic acids is 1. The summed E-state index contributed by atoms with van der Waals surface area (Å²) in [5, 5.41) is 15.9. The van der Waals surface area contributed by atoms with Gasteiger partial charge in [0.15, 0.2) is 0 Å². The van der Waals surface area contributed by atoms with E-state index in [1.165, 1.54) is 22.0 Å². The van der Waals surface area contributed by atoms with E-state index in [0.717, 1.165) is 42.2 Å². The van der Waals surface area contributed by atoms with Crippen molar-refractivity contribution < 1.29 is 4.79 Å². The lowest BCUT2D eigenvalue weighted by atomic mass is 10.1. The van der Waals surface area contributed by atoms with Crippen LogP contribution in [0, 0.1) is 0 Å². The second-order valence-electron chi connectivity index (χ2n) is 9.80. The van der Waals surface area contributed by atoms with Crippen molar-refractivity contribution in [3.63, 3.8) is 0 Å². The molecule has 3 heterocycles. The van der Waals surface area contributed by atoms with Gasteiger partial charge in [0.05, 0.1) is 12.2 Å². The zero-order chi connectivity index (χ0) is 23.9. The lowest BCUT2D eigenvalue weighted by molar-refractivity contribution is -0.132. The number of fused-ring (bicyclic) bond motifs is 3. The van der Waals surface area contributed by atoms with E-state index in [0.29, 0.717) is 32.1 Å². The highest BCUT2D eigenvalue weighted by molar-refractivity contribution is 5.88. The minimum absolute atomic E-state index is 0.162. The first kappa shape index (κ1) is 21.7. The van der Waals surface area contributed by atoms with Gasteiger partial charge in [-0.2, -0.15) is 15.4 Å². The number of carbonyl (C=O) groups is 1. The van der Waals surface area contributed by atoms with Crippen LogP contribution in [0.15, 0.2) is 48.5 Å². The van der Waals surface area contributed by atoms with E-state index in [-0.39, 0.29) is 5.91 Å². The van der Waals surface area contributed by atoms with Crippen molar-refractivity contribution in [1.29, 1.82) is 0 Å². The Bertz CT molecular complexity index is 1360. The Balaban J connectivity index is 1.10. The third kappa shape index (κ3) is 4.13. The van der Waals surface area contributed by atoms with Crippen molar-refractivity contribution >= 4 is 28.3 Å². The summed E-state index contributed by atoms with van der Waals surface area (Å²) in [5.74, 6) is 1.31. The quantitative estimate of drug-likeness (QED) is 0.453. The molecule has 6 rings (SSSR count). The minimum Gasteiger partial charge on any atom is -0.374 e. The Morgan fingerprint density at radius 1 is 1.11 bits per heavy atom. The fourth-order valence-electron chi connectivity index (χ4n) is 5.45. The molecule has 1 aliphatic heterocycles. The van der Waals surface area contributed by atoms with Gasteiger partial charge in [-0.3, -0.25) is 4.79 Å². The molecule has 0 unspecified atom stereocenters. The van der Waals surface area contributed by atoms with Gasteiger partial charge < -0.3 is 19.7 Å². The van der Waals surface area contributed by atoms with E-state index in [4.69, 9.17) is 0 Å². The van der Waals surface area contributed by atoms with Gasteiger partial charge in [-0.05, 0) is 48.2 Å². The van der Waals surface area contributed by atoms with Crippen molar-refractivity contribution in [2.75, 3.05) is 30.4 Å². The van der Waals surface area contributed by atoms with Gasteiger partial charge in [0.25, 0.3) is 0 Å². The molecule has 1 amide bonds. The predicted octanol–water partition coefficient (Wildman–Crippen LogP) is 3.29. The van der Waals surface area contributed by atoms with E-state index in [1.807, 2.05) is 4.90 Å². The van der Waals surface area contributed by atoms with Gasteiger partial charge in [0.1, 0.15) is 11.5 Å². The topological polar surface area (TPSA) is 82.1 Å². The highest BCUT2D eigenvalue weighted by Gasteiger charge is 2.24. The Kier molecular flexibility index (Phi) is 5.43. The lowest BCUT2D eigenvalue weighted by Gasteiger charge is -2.27. The van der Waals surface area contributed by atoms with Gasteiger partial charge in [0.2, 0.25) is 5.91 Å². The maximum atomic E-state index is 12.8. The molecule has 2 aromatic carbocycles. The second kappa shape index (κ2) is 8.76. The van der Waals surface area contributed by atoms with Gasteiger partial charge >= 0.3 is 0 Å². The molecular formula is C27H31N7O. The first-order valence-corrected chi connectivity index (χ1v) is 12.4. The molecule has 35 heavy (non-hydrogen) atoms. The summed E-state index contributed by atoms with van der Waals surface area (Å²) < 4.78 is 2.24. The number of hydrogen-bond acceptors (Lipinski definition) is 5. The third-order valence-corrected chi connectivity index (χ3v) is 7.55. The van der Waals surface area contributed by atoms with Gasteiger partial charge in [0, 0.05) is 62.7 Å². The van der Waals surface area contributed by atoms with E-state index in [2.05, 4.69) is 92.8 Å². The fourth-order valence-corrected chi connectivity index (χ4v) is 5.45. The Labute approximate surface area is 204 Å². The Morgan fingerprint density at radius 2 is 1.89 bits per heavy atom. The number of nitrogens with one attached hydrogen (secondary N) is 2. The molecule has 1 aliphatic carbocycles. The molecule has 2 N–H and O–H groups in total. The number of aromatic nitrogens is 4. The first-order chi connectivity index (χ1) is 17.0. The van der Waals surface area contributed by atoms with Crippen LogP contribution < -0.4 is 10.2 Å². The van der Waals surface area contributed by atoms with Crippen LogP contribution in [0.4, 0.5) is 11.5 Å². The maximum absolute atomic E-state index is 12.8. The third-order valence-electron chi connectivity index (χ3n) is 7.55. The molecule has 0 atom stereocenters. The molecule has 0 saturated heterocycles. The fraction of sp³-hybridized carbons (Fsp3) is 0.370. The number of amides is 1. The normalized spacial score (nSPS) is 15.3. The van der Waals surface area contributed by atoms with Crippen LogP contribution in [0.5, 0.6) is 0 Å². The summed E-state index contributed by atoms with van der Waals surface area (Å²) in [7, 11) is 4.17. The highest BCUT2D eigenvalue weighted by Crippen LogP contribution is 2.30.